The smallest absolute Gasteiger partial charge is 0.378 e. The van der Waals surface area contributed by atoms with Crippen LogP contribution in [0.1, 0.15) is 27.7 Å². The van der Waals surface area contributed by atoms with Crippen LogP contribution >= 0.6 is 0 Å². The summed E-state index contributed by atoms with van der Waals surface area (Å²) in [7, 11) is 0. The molecule has 1 aliphatic heterocycles. The summed E-state index contributed by atoms with van der Waals surface area (Å²) < 4.78 is 42.1. The van der Waals surface area contributed by atoms with Gasteiger partial charge in [0.2, 0.25) is 0 Å². The molecule has 1 unspecified atom stereocenters. The molecule has 0 saturated carbocycles. The lowest BCUT2D eigenvalue weighted by molar-refractivity contribution is -0.216. The van der Waals surface area contributed by atoms with Crippen LogP contribution in [0.15, 0.2) is 0 Å². The van der Waals surface area contributed by atoms with Crippen LogP contribution in [0.3, 0.4) is 0 Å². The average Bonchev–Trinajstić information content (AvgIpc) is 2.19. The average molecular weight is 227 g/mol. The zero-order chi connectivity index (χ0) is 12.1. The van der Waals surface area contributed by atoms with Crippen LogP contribution in [-0.4, -0.2) is 42.9 Å². The van der Waals surface area contributed by atoms with Crippen molar-refractivity contribution in [3.8, 4) is 0 Å². The molecule has 5 heteroatoms. The van der Waals surface area contributed by atoms with Gasteiger partial charge in [0.1, 0.15) is 6.04 Å². The number of morpholine rings is 1. The lowest BCUT2D eigenvalue weighted by Crippen LogP contribution is -2.55. The maximum Gasteiger partial charge on any atom is 0.406 e. The van der Waals surface area contributed by atoms with Crippen LogP contribution in [0.25, 0.3) is 0 Å². The maximum absolute atomic E-state index is 12.4. The van der Waals surface area contributed by atoms with Crippen molar-refractivity contribution in [3.63, 3.8) is 0 Å². The summed E-state index contributed by atoms with van der Waals surface area (Å²) in [5.74, 6) is 0. The van der Waals surface area contributed by atoms with Crippen molar-refractivity contribution in [2.24, 2.45) is 0 Å². The number of ether oxygens (including phenoxy) is 1. The molecule has 0 amide bonds. The standard InChI is InChI=1S/C8H14F3NO.C2H6/c1-6(2)12-3-4-13-5-7(12)8(9,10)11;1-2/h6-7H,3-5H2,1-2H3;1-2H3. The molecule has 15 heavy (non-hydrogen) atoms. The summed E-state index contributed by atoms with van der Waals surface area (Å²) in [5, 5.41) is 0. The third-order valence-electron chi connectivity index (χ3n) is 2.21. The first kappa shape index (κ1) is 14.7. The molecule has 0 aliphatic carbocycles. The zero-order valence-electron chi connectivity index (χ0n) is 9.77. The molecule has 0 bridgehead atoms. The lowest BCUT2D eigenvalue weighted by atomic mass is 10.1. The predicted octanol–water partition coefficient (Wildman–Crippen LogP) is 2.68. The summed E-state index contributed by atoms with van der Waals surface area (Å²) in [6.07, 6.45) is -4.18. The molecular formula is C10H20F3NO. The van der Waals surface area contributed by atoms with E-state index in [0.717, 1.165) is 0 Å². The highest BCUT2D eigenvalue weighted by Gasteiger charge is 2.45. The first-order chi connectivity index (χ1) is 6.93. The topological polar surface area (TPSA) is 12.5 Å². The van der Waals surface area contributed by atoms with E-state index in [0.29, 0.717) is 13.2 Å². The van der Waals surface area contributed by atoms with E-state index < -0.39 is 12.2 Å². The van der Waals surface area contributed by atoms with Gasteiger partial charge in [0.15, 0.2) is 0 Å². The van der Waals surface area contributed by atoms with Crippen molar-refractivity contribution in [3.05, 3.63) is 0 Å². The monoisotopic (exact) mass is 227 g/mol. The zero-order valence-corrected chi connectivity index (χ0v) is 9.77. The van der Waals surface area contributed by atoms with Crippen LogP contribution in [0.2, 0.25) is 0 Å². The number of alkyl halides is 3. The Kier molecular flexibility index (Phi) is 6.20. The fourth-order valence-electron chi connectivity index (χ4n) is 1.52. The molecule has 1 fully saturated rings. The Bertz CT molecular complexity index is 171. The van der Waals surface area contributed by atoms with Crippen molar-refractivity contribution < 1.29 is 17.9 Å². The number of nitrogens with zero attached hydrogens (tertiary/aromatic N) is 1. The normalized spacial score (nSPS) is 23.6. The minimum atomic E-state index is -4.18. The Morgan fingerprint density at radius 2 is 1.80 bits per heavy atom. The van der Waals surface area contributed by atoms with E-state index in [1.165, 1.54) is 4.90 Å². The van der Waals surface area contributed by atoms with Gasteiger partial charge in [-0.2, -0.15) is 13.2 Å². The third-order valence-corrected chi connectivity index (χ3v) is 2.21. The van der Waals surface area contributed by atoms with E-state index in [1.807, 2.05) is 13.8 Å². The SMILES string of the molecule is CC.CC(C)N1CCOCC1C(F)(F)F. The van der Waals surface area contributed by atoms with Crippen molar-refractivity contribution >= 4 is 0 Å². The molecule has 0 spiro atoms. The summed E-state index contributed by atoms with van der Waals surface area (Å²) in [6, 6.07) is -1.52. The van der Waals surface area contributed by atoms with E-state index in [4.69, 9.17) is 4.74 Å². The summed E-state index contributed by atoms with van der Waals surface area (Å²) in [4.78, 5) is 1.43. The molecule has 1 rings (SSSR count). The summed E-state index contributed by atoms with van der Waals surface area (Å²) in [5.41, 5.74) is 0. The van der Waals surface area contributed by atoms with E-state index in [9.17, 15) is 13.2 Å². The lowest BCUT2D eigenvalue weighted by Gasteiger charge is -2.39. The van der Waals surface area contributed by atoms with Gasteiger partial charge in [0.05, 0.1) is 13.2 Å². The molecule has 1 aliphatic rings. The predicted molar refractivity (Wildman–Crippen MR) is 53.9 cm³/mol. The van der Waals surface area contributed by atoms with E-state index in [-0.39, 0.29) is 12.6 Å². The molecule has 0 aromatic heterocycles. The largest absolute Gasteiger partial charge is 0.406 e. The highest BCUT2D eigenvalue weighted by atomic mass is 19.4. The molecule has 2 nitrogen and oxygen atoms in total. The second kappa shape index (κ2) is 6.33. The Morgan fingerprint density at radius 1 is 1.27 bits per heavy atom. The maximum atomic E-state index is 12.4. The molecular weight excluding hydrogens is 207 g/mol. The summed E-state index contributed by atoms with van der Waals surface area (Å²) >= 11 is 0. The van der Waals surface area contributed by atoms with Gasteiger partial charge >= 0.3 is 6.18 Å². The van der Waals surface area contributed by atoms with Crippen LogP contribution in [0.4, 0.5) is 13.2 Å². The first-order valence-electron chi connectivity index (χ1n) is 5.33. The molecule has 1 saturated heterocycles. The fourth-order valence-corrected chi connectivity index (χ4v) is 1.52. The van der Waals surface area contributed by atoms with E-state index in [2.05, 4.69) is 0 Å². The quantitative estimate of drug-likeness (QED) is 0.683. The molecule has 0 N–H and O–H groups in total. The van der Waals surface area contributed by atoms with Gasteiger partial charge in [-0.1, -0.05) is 13.8 Å². The Hall–Kier alpha value is -0.290. The molecule has 0 aromatic carbocycles. The van der Waals surface area contributed by atoms with Crippen LogP contribution in [0.5, 0.6) is 0 Å². The molecule has 0 radical (unpaired) electrons. The van der Waals surface area contributed by atoms with Gasteiger partial charge in [-0.25, -0.2) is 0 Å². The summed E-state index contributed by atoms with van der Waals surface area (Å²) in [6.45, 7) is 8.06. The van der Waals surface area contributed by atoms with Crippen LogP contribution in [0, 0.1) is 0 Å². The second-order valence-corrected chi connectivity index (χ2v) is 3.46. The van der Waals surface area contributed by atoms with Gasteiger partial charge in [0, 0.05) is 12.6 Å². The Labute approximate surface area is 89.4 Å². The third kappa shape index (κ3) is 4.38. The molecule has 1 heterocycles. The minimum Gasteiger partial charge on any atom is -0.378 e. The highest BCUT2D eigenvalue weighted by molar-refractivity contribution is 4.83. The fraction of sp³-hybridized carbons (Fsp3) is 1.00. The van der Waals surface area contributed by atoms with Gasteiger partial charge in [-0.15, -0.1) is 0 Å². The van der Waals surface area contributed by atoms with Gasteiger partial charge in [-0.05, 0) is 13.8 Å². The first-order valence-corrected chi connectivity index (χ1v) is 5.33. The van der Waals surface area contributed by atoms with Crippen molar-refractivity contribution in [1.82, 2.24) is 4.90 Å². The molecule has 0 aromatic rings. The van der Waals surface area contributed by atoms with Crippen molar-refractivity contribution in [2.75, 3.05) is 19.8 Å². The number of hydrogen-bond acceptors (Lipinski definition) is 2. The number of rotatable bonds is 1. The van der Waals surface area contributed by atoms with Gasteiger partial charge in [0.25, 0.3) is 0 Å². The van der Waals surface area contributed by atoms with Crippen LogP contribution < -0.4 is 0 Å². The van der Waals surface area contributed by atoms with E-state index >= 15 is 0 Å². The van der Waals surface area contributed by atoms with E-state index in [1.54, 1.807) is 13.8 Å². The van der Waals surface area contributed by atoms with Crippen molar-refractivity contribution in [2.45, 2.75) is 46.0 Å². The van der Waals surface area contributed by atoms with Gasteiger partial charge in [-0.3, -0.25) is 4.90 Å². The Balaban J connectivity index is 0.000000921. The van der Waals surface area contributed by atoms with Crippen molar-refractivity contribution in [1.29, 1.82) is 0 Å². The number of hydrogen-bond donors (Lipinski definition) is 0. The Morgan fingerprint density at radius 3 is 2.13 bits per heavy atom. The van der Waals surface area contributed by atoms with Gasteiger partial charge < -0.3 is 4.74 Å². The minimum absolute atomic E-state index is 0.0875. The number of halogens is 3. The second-order valence-electron chi connectivity index (χ2n) is 3.46. The van der Waals surface area contributed by atoms with Crippen LogP contribution in [-0.2, 0) is 4.74 Å². The highest BCUT2D eigenvalue weighted by Crippen LogP contribution is 2.28. The molecule has 92 valence electrons. The molecule has 1 atom stereocenters.